The lowest BCUT2D eigenvalue weighted by Gasteiger charge is -2.05. The molecule has 0 saturated heterocycles. The van der Waals surface area contributed by atoms with E-state index >= 15 is 0 Å². The molecular formula is C8H7ClN4O. The van der Waals surface area contributed by atoms with Crippen molar-refractivity contribution >= 4 is 28.9 Å². The highest BCUT2D eigenvalue weighted by Crippen LogP contribution is 2.28. The van der Waals surface area contributed by atoms with Gasteiger partial charge in [0.05, 0.1) is 11.4 Å². The number of nitrogens with one attached hydrogen (secondary N) is 1. The van der Waals surface area contributed by atoms with Crippen LogP contribution >= 0.6 is 11.6 Å². The third kappa shape index (κ3) is 2.65. The lowest BCUT2D eigenvalue weighted by atomic mass is 10.2. The molecule has 1 rings (SSSR count). The van der Waals surface area contributed by atoms with Gasteiger partial charge in [-0.3, -0.25) is 4.79 Å². The summed E-state index contributed by atoms with van der Waals surface area (Å²) >= 11 is 5.69. The van der Waals surface area contributed by atoms with Crippen LogP contribution in [0.3, 0.4) is 0 Å². The molecule has 0 atom stereocenters. The smallest absolute Gasteiger partial charge is 0.221 e. The van der Waals surface area contributed by atoms with E-state index in [0.29, 0.717) is 16.4 Å². The van der Waals surface area contributed by atoms with E-state index in [-0.39, 0.29) is 5.91 Å². The average molecular weight is 211 g/mol. The normalized spacial score (nSPS) is 9.00. The van der Waals surface area contributed by atoms with Crippen molar-refractivity contribution < 1.29 is 4.79 Å². The minimum Gasteiger partial charge on any atom is -0.326 e. The second-order valence-electron chi connectivity index (χ2n) is 2.53. The van der Waals surface area contributed by atoms with E-state index in [4.69, 9.17) is 17.1 Å². The van der Waals surface area contributed by atoms with Gasteiger partial charge in [0.15, 0.2) is 0 Å². The van der Waals surface area contributed by atoms with Crippen LogP contribution in [0, 0.1) is 0 Å². The van der Waals surface area contributed by atoms with Gasteiger partial charge in [0.1, 0.15) is 0 Å². The fourth-order valence-corrected chi connectivity index (χ4v) is 1.10. The molecule has 0 aromatic heterocycles. The molecule has 1 aromatic carbocycles. The Morgan fingerprint density at radius 3 is 2.93 bits per heavy atom. The van der Waals surface area contributed by atoms with Gasteiger partial charge in [0, 0.05) is 16.9 Å². The summed E-state index contributed by atoms with van der Waals surface area (Å²) in [5.74, 6) is -0.235. The molecule has 0 bridgehead atoms. The van der Waals surface area contributed by atoms with Crippen LogP contribution in [0.2, 0.25) is 5.02 Å². The van der Waals surface area contributed by atoms with Crippen LogP contribution in [-0.2, 0) is 4.79 Å². The van der Waals surface area contributed by atoms with Crippen LogP contribution in [0.25, 0.3) is 10.4 Å². The average Bonchev–Trinajstić information content (AvgIpc) is 2.09. The quantitative estimate of drug-likeness (QED) is 0.454. The highest BCUT2D eigenvalue weighted by Gasteiger charge is 2.02. The molecule has 0 aliphatic rings. The van der Waals surface area contributed by atoms with E-state index in [2.05, 4.69) is 15.3 Å². The highest BCUT2D eigenvalue weighted by molar-refractivity contribution is 6.31. The Morgan fingerprint density at radius 2 is 2.36 bits per heavy atom. The summed E-state index contributed by atoms with van der Waals surface area (Å²) in [6.45, 7) is 1.37. The first-order valence-corrected chi connectivity index (χ1v) is 4.13. The van der Waals surface area contributed by atoms with Crippen LogP contribution in [0.1, 0.15) is 6.92 Å². The molecule has 0 aliphatic heterocycles. The topological polar surface area (TPSA) is 77.9 Å². The molecule has 0 radical (unpaired) electrons. The Kier molecular flexibility index (Phi) is 3.34. The van der Waals surface area contributed by atoms with Gasteiger partial charge in [-0.1, -0.05) is 16.7 Å². The molecule has 1 aromatic rings. The molecule has 0 spiro atoms. The Labute approximate surface area is 85.3 Å². The summed E-state index contributed by atoms with van der Waals surface area (Å²) in [5.41, 5.74) is 9.02. The van der Waals surface area contributed by atoms with Gasteiger partial charge in [-0.25, -0.2) is 0 Å². The summed E-state index contributed by atoms with van der Waals surface area (Å²) < 4.78 is 0. The van der Waals surface area contributed by atoms with Gasteiger partial charge in [-0.15, -0.1) is 0 Å². The van der Waals surface area contributed by atoms with Crippen LogP contribution in [0.4, 0.5) is 11.4 Å². The van der Waals surface area contributed by atoms with Gasteiger partial charge < -0.3 is 5.32 Å². The predicted molar refractivity (Wildman–Crippen MR) is 54.6 cm³/mol. The number of halogens is 1. The summed E-state index contributed by atoms with van der Waals surface area (Å²) in [6, 6.07) is 4.66. The molecular weight excluding hydrogens is 204 g/mol. The molecule has 1 N–H and O–H groups in total. The standard InChI is InChI=1S/C8H7ClN4O/c1-5(14)11-7-3-2-6(9)4-8(7)12-13-10/h2-4H,1H3,(H,11,14). The summed E-state index contributed by atoms with van der Waals surface area (Å²) in [7, 11) is 0. The fourth-order valence-electron chi connectivity index (χ4n) is 0.931. The van der Waals surface area contributed by atoms with E-state index in [1.807, 2.05) is 0 Å². The van der Waals surface area contributed by atoms with Crippen molar-refractivity contribution in [3.05, 3.63) is 33.7 Å². The predicted octanol–water partition coefficient (Wildman–Crippen LogP) is 3.24. The van der Waals surface area contributed by atoms with Crippen molar-refractivity contribution in [2.45, 2.75) is 6.92 Å². The van der Waals surface area contributed by atoms with Gasteiger partial charge in [0.2, 0.25) is 5.91 Å². The number of hydrogen-bond donors (Lipinski definition) is 1. The number of carbonyl (C=O) groups is 1. The van der Waals surface area contributed by atoms with Crippen LogP contribution in [0.5, 0.6) is 0 Å². The first-order chi connectivity index (χ1) is 6.63. The van der Waals surface area contributed by atoms with Crippen molar-refractivity contribution in [1.82, 2.24) is 0 Å². The maximum Gasteiger partial charge on any atom is 0.221 e. The van der Waals surface area contributed by atoms with Gasteiger partial charge in [-0.05, 0) is 23.7 Å². The van der Waals surface area contributed by atoms with Crippen molar-refractivity contribution in [3.8, 4) is 0 Å². The molecule has 6 heteroatoms. The molecule has 0 heterocycles. The van der Waals surface area contributed by atoms with Crippen LogP contribution < -0.4 is 5.32 Å². The number of nitrogens with zero attached hydrogens (tertiary/aromatic N) is 3. The third-order valence-corrected chi connectivity index (χ3v) is 1.66. The summed E-state index contributed by atoms with van der Waals surface area (Å²) in [4.78, 5) is 13.4. The van der Waals surface area contributed by atoms with Crippen molar-refractivity contribution in [3.63, 3.8) is 0 Å². The molecule has 0 aliphatic carbocycles. The zero-order chi connectivity index (χ0) is 10.6. The maximum atomic E-state index is 10.8. The highest BCUT2D eigenvalue weighted by atomic mass is 35.5. The van der Waals surface area contributed by atoms with Crippen LogP contribution in [0.15, 0.2) is 23.3 Å². The number of rotatable bonds is 2. The number of benzene rings is 1. The number of amides is 1. The first kappa shape index (κ1) is 10.4. The third-order valence-electron chi connectivity index (χ3n) is 1.42. The molecule has 5 nitrogen and oxygen atoms in total. The monoisotopic (exact) mass is 210 g/mol. The van der Waals surface area contributed by atoms with E-state index in [1.165, 1.54) is 13.0 Å². The molecule has 0 saturated carbocycles. The van der Waals surface area contributed by atoms with E-state index in [1.54, 1.807) is 12.1 Å². The Bertz CT molecular complexity index is 412. The lowest BCUT2D eigenvalue weighted by Crippen LogP contribution is -2.05. The SMILES string of the molecule is CC(=O)Nc1ccc(Cl)cc1N=[N+]=[N-]. The number of hydrogen-bond acceptors (Lipinski definition) is 2. The second kappa shape index (κ2) is 4.50. The van der Waals surface area contributed by atoms with E-state index < -0.39 is 0 Å². The number of azide groups is 1. The van der Waals surface area contributed by atoms with Crippen molar-refractivity contribution in [2.24, 2.45) is 5.11 Å². The van der Waals surface area contributed by atoms with Crippen molar-refractivity contribution in [1.29, 1.82) is 0 Å². The first-order valence-electron chi connectivity index (χ1n) is 3.75. The Hall–Kier alpha value is -1.71. The maximum absolute atomic E-state index is 10.8. The minimum atomic E-state index is -0.235. The summed E-state index contributed by atoms with van der Waals surface area (Å²) in [5, 5.41) is 6.37. The molecule has 0 unspecified atom stereocenters. The Balaban J connectivity index is 3.14. The van der Waals surface area contributed by atoms with E-state index in [0.717, 1.165) is 0 Å². The zero-order valence-electron chi connectivity index (χ0n) is 7.36. The molecule has 1 amide bonds. The fraction of sp³-hybridized carbons (Fsp3) is 0.125. The Morgan fingerprint density at radius 1 is 1.64 bits per heavy atom. The molecule has 0 fully saturated rings. The van der Waals surface area contributed by atoms with Gasteiger partial charge in [-0.2, -0.15) is 0 Å². The van der Waals surface area contributed by atoms with E-state index in [9.17, 15) is 4.79 Å². The summed E-state index contributed by atoms with van der Waals surface area (Å²) in [6.07, 6.45) is 0. The number of carbonyl (C=O) groups excluding carboxylic acids is 1. The minimum absolute atomic E-state index is 0.235. The van der Waals surface area contributed by atoms with Crippen molar-refractivity contribution in [2.75, 3.05) is 5.32 Å². The molecule has 14 heavy (non-hydrogen) atoms. The van der Waals surface area contributed by atoms with Gasteiger partial charge >= 0.3 is 0 Å². The molecule has 72 valence electrons. The lowest BCUT2D eigenvalue weighted by molar-refractivity contribution is -0.114. The second-order valence-corrected chi connectivity index (χ2v) is 2.97. The number of anilines is 1. The van der Waals surface area contributed by atoms with Gasteiger partial charge in [0.25, 0.3) is 0 Å². The van der Waals surface area contributed by atoms with Crippen LogP contribution in [-0.4, -0.2) is 5.91 Å². The largest absolute Gasteiger partial charge is 0.326 e. The zero-order valence-corrected chi connectivity index (χ0v) is 8.12.